The van der Waals surface area contributed by atoms with Gasteiger partial charge in [-0.05, 0) is 68.5 Å². The zero-order valence-corrected chi connectivity index (χ0v) is 16.4. The van der Waals surface area contributed by atoms with Gasteiger partial charge in [0, 0.05) is 29.6 Å². The van der Waals surface area contributed by atoms with E-state index in [0.717, 1.165) is 48.4 Å². The molecule has 0 saturated carbocycles. The van der Waals surface area contributed by atoms with Gasteiger partial charge in [0.25, 0.3) is 5.91 Å². The van der Waals surface area contributed by atoms with Crippen LogP contribution in [0.5, 0.6) is 0 Å². The molecule has 1 amide bonds. The molecule has 1 atom stereocenters. The van der Waals surface area contributed by atoms with Crippen LogP contribution < -0.4 is 11.1 Å². The first kappa shape index (κ1) is 18.6. The van der Waals surface area contributed by atoms with Gasteiger partial charge in [-0.3, -0.25) is 4.79 Å². The number of nitrogens with zero attached hydrogens (tertiary/aromatic N) is 1. The lowest BCUT2D eigenvalue weighted by Gasteiger charge is -2.23. The zero-order chi connectivity index (χ0) is 19.0. The molecule has 2 aromatic rings. The number of hydrogen-bond acceptors (Lipinski definition) is 4. The van der Waals surface area contributed by atoms with E-state index in [9.17, 15) is 9.18 Å². The van der Waals surface area contributed by atoms with Crippen LogP contribution in [0.2, 0.25) is 0 Å². The van der Waals surface area contributed by atoms with Crippen LogP contribution in [0.3, 0.4) is 0 Å². The van der Waals surface area contributed by atoms with Crippen molar-refractivity contribution in [3.8, 4) is 10.4 Å². The van der Waals surface area contributed by atoms with Crippen molar-refractivity contribution in [2.45, 2.75) is 38.1 Å². The number of rotatable bonds is 3. The molecule has 4 nitrogen and oxygen atoms in total. The predicted molar refractivity (Wildman–Crippen MR) is 108 cm³/mol. The molecule has 6 heteroatoms. The fourth-order valence-electron chi connectivity index (χ4n) is 4.08. The lowest BCUT2D eigenvalue weighted by Crippen LogP contribution is -2.31. The fourth-order valence-corrected chi connectivity index (χ4v) is 5.25. The van der Waals surface area contributed by atoms with Crippen molar-refractivity contribution in [2.75, 3.05) is 26.2 Å². The standard InChI is InChI=1S/C21H26FN3OS/c1-13-10-19(27-20(13)21(26)25-9-6-16(23)12-25)17-3-2-15(11-18(17)22)14-4-7-24-8-5-14/h2-3,10-11,14,16,24H,4-9,12,23H2,1H3/t16-/m0/s1. The maximum absolute atomic E-state index is 14.9. The van der Waals surface area contributed by atoms with Crippen LogP contribution in [-0.4, -0.2) is 43.0 Å². The van der Waals surface area contributed by atoms with Gasteiger partial charge in [-0.1, -0.05) is 12.1 Å². The first-order valence-electron chi connectivity index (χ1n) is 9.68. The van der Waals surface area contributed by atoms with E-state index in [4.69, 9.17) is 5.73 Å². The number of likely N-dealkylation sites (tertiary alicyclic amines) is 1. The molecule has 0 radical (unpaired) electrons. The van der Waals surface area contributed by atoms with Crippen LogP contribution in [-0.2, 0) is 0 Å². The highest BCUT2D eigenvalue weighted by atomic mass is 32.1. The summed E-state index contributed by atoms with van der Waals surface area (Å²) >= 11 is 1.38. The van der Waals surface area contributed by atoms with Crippen LogP contribution in [0.4, 0.5) is 4.39 Å². The topological polar surface area (TPSA) is 58.4 Å². The van der Waals surface area contributed by atoms with E-state index >= 15 is 0 Å². The molecule has 1 aromatic carbocycles. The van der Waals surface area contributed by atoms with Gasteiger partial charge in [-0.25, -0.2) is 4.39 Å². The summed E-state index contributed by atoms with van der Waals surface area (Å²) in [6, 6.07) is 7.59. The SMILES string of the molecule is Cc1cc(-c2ccc(C3CCNCC3)cc2F)sc1C(=O)N1CC[C@H](N)C1. The fraction of sp³-hybridized carbons (Fsp3) is 0.476. The molecule has 3 heterocycles. The number of aryl methyl sites for hydroxylation is 1. The van der Waals surface area contributed by atoms with Gasteiger partial charge in [0.2, 0.25) is 0 Å². The average Bonchev–Trinajstić information content (AvgIpc) is 3.27. The molecule has 2 fully saturated rings. The second-order valence-corrected chi connectivity index (χ2v) is 8.74. The van der Waals surface area contributed by atoms with Gasteiger partial charge in [0.15, 0.2) is 0 Å². The molecule has 2 aliphatic rings. The van der Waals surface area contributed by atoms with Crippen molar-refractivity contribution in [3.05, 3.63) is 46.1 Å². The molecule has 0 bridgehead atoms. The number of hydrogen-bond donors (Lipinski definition) is 2. The van der Waals surface area contributed by atoms with Gasteiger partial charge >= 0.3 is 0 Å². The van der Waals surface area contributed by atoms with Gasteiger partial charge in [0.1, 0.15) is 5.82 Å². The summed E-state index contributed by atoms with van der Waals surface area (Å²) in [4.78, 5) is 16.1. The summed E-state index contributed by atoms with van der Waals surface area (Å²) in [6.45, 7) is 5.20. The minimum absolute atomic E-state index is 0.0171. The number of nitrogens with two attached hydrogens (primary N) is 1. The Kier molecular flexibility index (Phi) is 5.30. The summed E-state index contributed by atoms with van der Waals surface area (Å²) in [7, 11) is 0. The van der Waals surface area contributed by atoms with Crippen molar-refractivity contribution >= 4 is 17.2 Å². The van der Waals surface area contributed by atoms with E-state index in [1.165, 1.54) is 11.3 Å². The summed E-state index contributed by atoms with van der Waals surface area (Å²) in [6.07, 6.45) is 2.94. The van der Waals surface area contributed by atoms with E-state index in [-0.39, 0.29) is 17.8 Å². The summed E-state index contributed by atoms with van der Waals surface area (Å²) in [5.74, 6) is 0.245. The lowest BCUT2D eigenvalue weighted by molar-refractivity contribution is 0.0795. The minimum atomic E-state index is -0.200. The third-order valence-corrected chi connectivity index (χ3v) is 6.95. The van der Waals surface area contributed by atoms with Crippen molar-refractivity contribution in [1.29, 1.82) is 0 Å². The van der Waals surface area contributed by atoms with Gasteiger partial charge in [-0.2, -0.15) is 0 Å². The second kappa shape index (κ2) is 7.70. The van der Waals surface area contributed by atoms with Crippen LogP contribution in [0.25, 0.3) is 10.4 Å². The first-order chi connectivity index (χ1) is 13.0. The zero-order valence-electron chi connectivity index (χ0n) is 15.6. The second-order valence-electron chi connectivity index (χ2n) is 7.69. The Hall–Kier alpha value is -1.76. The third-order valence-electron chi connectivity index (χ3n) is 5.69. The Morgan fingerprint density at radius 3 is 2.70 bits per heavy atom. The van der Waals surface area contributed by atoms with Crippen LogP contribution >= 0.6 is 11.3 Å². The molecule has 0 unspecified atom stereocenters. The maximum atomic E-state index is 14.9. The summed E-state index contributed by atoms with van der Waals surface area (Å²) in [5.41, 5.74) is 8.49. The highest BCUT2D eigenvalue weighted by Crippen LogP contribution is 2.36. The molecule has 2 saturated heterocycles. The third kappa shape index (κ3) is 3.79. The number of carbonyl (C=O) groups is 1. The van der Waals surface area contributed by atoms with Gasteiger partial charge < -0.3 is 16.0 Å². The molecule has 4 rings (SSSR count). The lowest BCUT2D eigenvalue weighted by atomic mass is 9.89. The Balaban J connectivity index is 1.57. The normalized spacial score (nSPS) is 21.0. The van der Waals surface area contributed by atoms with Gasteiger partial charge in [-0.15, -0.1) is 11.3 Å². The first-order valence-corrected chi connectivity index (χ1v) is 10.5. The maximum Gasteiger partial charge on any atom is 0.264 e. The van der Waals surface area contributed by atoms with Crippen molar-refractivity contribution in [3.63, 3.8) is 0 Å². The smallest absolute Gasteiger partial charge is 0.264 e. The van der Waals surface area contributed by atoms with E-state index < -0.39 is 0 Å². The molecule has 3 N–H and O–H groups in total. The Morgan fingerprint density at radius 1 is 1.26 bits per heavy atom. The molecule has 0 spiro atoms. The number of carbonyl (C=O) groups excluding carboxylic acids is 1. The Bertz CT molecular complexity index is 844. The number of piperidine rings is 1. The predicted octanol–water partition coefficient (Wildman–Crippen LogP) is 3.50. The number of nitrogens with one attached hydrogen (secondary N) is 1. The molecular weight excluding hydrogens is 361 g/mol. The van der Waals surface area contributed by atoms with Crippen LogP contribution in [0, 0.1) is 12.7 Å². The Morgan fingerprint density at radius 2 is 2.04 bits per heavy atom. The number of amides is 1. The van der Waals surface area contributed by atoms with E-state index in [0.29, 0.717) is 29.4 Å². The van der Waals surface area contributed by atoms with E-state index in [1.54, 1.807) is 6.07 Å². The Labute approximate surface area is 163 Å². The average molecular weight is 388 g/mol. The van der Waals surface area contributed by atoms with Crippen LogP contribution in [0.1, 0.15) is 46.0 Å². The largest absolute Gasteiger partial charge is 0.336 e. The molecule has 27 heavy (non-hydrogen) atoms. The molecule has 1 aromatic heterocycles. The number of halogens is 1. The van der Waals surface area contributed by atoms with Crippen molar-refractivity contribution < 1.29 is 9.18 Å². The molecule has 2 aliphatic heterocycles. The number of thiophene rings is 1. The molecule has 0 aliphatic carbocycles. The van der Waals surface area contributed by atoms with Crippen molar-refractivity contribution in [2.24, 2.45) is 5.73 Å². The summed E-state index contributed by atoms with van der Waals surface area (Å²) in [5, 5.41) is 3.35. The van der Waals surface area contributed by atoms with Gasteiger partial charge in [0.05, 0.1) is 4.88 Å². The molecular formula is C21H26FN3OS. The molecule has 144 valence electrons. The highest BCUT2D eigenvalue weighted by molar-refractivity contribution is 7.17. The van der Waals surface area contributed by atoms with E-state index in [2.05, 4.69) is 5.32 Å². The van der Waals surface area contributed by atoms with Crippen molar-refractivity contribution in [1.82, 2.24) is 10.2 Å². The van der Waals surface area contributed by atoms with Crippen LogP contribution in [0.15, 0.2) is 24.3 Å². The van der Waals surface area contributed by atoms with E-state index in [1.807, 2.05) is 30.0 Å². The summed E-state index contributed by atoms with van der Waals surface area (Å²) < 4.78 is 14.9. The number of benzene rings is 1. The highest BCUT2D eigenvalue weighted by Gasteiger charge is 2.27. The minimum Gasteiger partial charge on any atom is -0.336 e. The quantitative estimate of drug-likeness (QED) is 0.847. The monoisotopic (exact) mass is 387 g/mol.